The highest BCUT2D eigenvalue weighted by atomic mass is 32.1. The normalized spacial score (nSPS) is 17.4. The average molecular weight is 335 g/mol. The number of aromatic nitrogens is 2. The van der Waals surface area contributed by atoms with Gasteiger partial charge < -0.3 is 9.64 Å². The monoisotopic (exact) mass is 335 g/mol. The van der Waals surface area contributed by atoms with Crippen molar-refractivity contribution in [1.29, 1.82) is 0 Å². The molecular formula is C16H18FN3O2S. The van der Waals surface area contributed by atoms with Crippen LogP contribution in [0.1, 0.15) is 33.9 Å². The summed E-state index contributed by atoms with van der Waals surface area (Å²) in [5, 5.41) is 2.84. The summed E-state index contributed by atoms with van der Waals surface area (Å²) in [6, 6.07) is 2.66. The van der Waals surface area contributed by atoms with Crippen LogP contribution in [0, 0.1) is 12.9 Å². The second-order valence-electron chi connectivity index (χ2n) is 5.57. The van der Waals surface area contributed by atoms with E-state index in [1.54, 1.807) is 4.90 Å². The second kappa shape index (κ2) is 7.14. The summed E-state index contributed by atoms with van der Waals surface area (Å²) in [7, 11) is 0. The van der Waals surface area contributed by atoms with E-state index in [4.69, 9.17) is 4.74 Å². The van der Waals surface area contributed by atoms with E-state index < -0.39 is 5.95 Å². The first-order valence-electron chi connectivity index (χ1n) is 7.55. The van der Waals surface area contributed by atoms with Crippen molar-refractivity contribution < 1.29 is 13.9 Å². The first-order valence-corrected chi connectivity index (χ1v) is 8.43. The van der Waals surface area contributed by atoms with Gasteiger partial charge in [-0.05, 0) is 31.9 Å². The molecule has 0 unspecified atom stereocenters. The molecule has 1 aliphatic rings. The van der Waals surface area contributed by atoms with E-state index in [-0.39, 0.29) is 12.0 Å². The van der Waals surface area contributed by atoms with E-state index in [9.17, 15) is 9.18 Å². The Balaban J connectivity index is 1.77. The van der Waals surface area contributed by atoms with Gasteiger partial charge in [0.2, 0.25) is 5.95 Å². The Morgan fingerprint density at radius 2 is 2.39 bits per heavy atom. The van der Waals surface area contributed by atoms with Crippen LogP contribution < -0.4 is 0 Å². The summed E-state index contributed by atoms with van der Waals surface area (Å²) >= 11 is 1.53. The zero-order valence-corrected chi connectivity index (χ0v) is 13.7. The molecule has 1 fully saturated rings. The molecule has 3 heterocycles. The van der Waals surface area contributed by atoms with Gasteiger partial charge in [0.25, 0.3) is 5.91 Å². The van der Waals surface area contributed by atoms with Crippen molar-refractivity contribution in [3.05, 3.63) is 45.9 Å². The maximum absolute atomic E-state index is 13.0. The lowest BCUT2D eigenvalue weighted by atomic mass is 10.2. The highest BCUT2D eigenvalue weighted by Gasteiger charge is 2.24. The van der Waals surface area contributed by atoms with Gasteiger partial charge in [-0.2, -0.15) is 4.39 Å². The van der Waals surface area contributed by atoms with E-state index in [0.717, 1.165) is 30.2 Å². The molecular weight excluding hydrogens is 317 g/mol. The number of hydrogen-bond donors (Lipinski definition) is 0. The van der Waals surface area contributed by atoms with Gasteiger partial charge in [-0.3, -0.25) is 4.79 Å². The second-order valence-corrected chi connectivity index (χ2v) is 6.52. The molecule has 0 saturated carbocycles. The first kappa shape index (κ1) is 16.0. The maximum Gasteiger partial charge on any atom is 0.255 e. The quantitative estimate of drug-likeness (QED) is 0.789. The van der Waals surface area contributed by atoms with E-state index >= 15 is 0 Å². The third-order valence-corrected chi connectivity index (χ3v) is 4.65. The predicted octanol–water partition coefficient (Wildman–Crippen LogP) is 2.81. The molecule has 23 heavy (non-hydrogen) atoms. The van der Waals surface area contributed by atoms with Crippen molar-refractivity contribution in [2.45, 2.75) is 32.4 Å². The summed E-state index contributed by atoms with van der Waals surface area (Å²) in [5.74, 6) is -0.774. The molecule has 3 rings (SSSR count). The Morgan fingerprint density at radius 1 is 1.52 bits per heavy atom. The Morgan fingerprint density at radius 3 is 3.00 bits per heavy atom. The van der Waals surface area contributed by atoms with Crippen LogP contribution in [0.15, 0.2) is 23.7 Å². The number of carbonyl (C=O) groups is 1. The summed E-state index contributed by atoms with van der Waals surface area (Å²) < 4.78 is 18.6. The number of nitrogens with zero attached hydrogens (tertiary/aromatic N) is 3. The predicted molar refractivity (Wildman–Crippen MR) is 84.8 cm³/mol. The molecule has 2 aromatic heterocycles. The molecule has 0 N–H and O–H groups in total. The van der Waals surface area contributed by atoms with E-state index in [1.165, 1.54) is 29.7 Å². The van der Waals surface area contributed by atoms with E-state index in [0.29, 0.717) is 18.7 Å². The Kier molecular flexibility index (Phi) is 4.97. The van der Waals surface area contributed by atoms with Gasteiger partial charge in [0.1, 0.15) is 5.01 Å². The molecule has 1 aliphatic heterocycles. The van der Waals surface area contributed by atoms with Crippen LogP contribution >= 0.6 is 11.3 Å². The molecule has 1 saturated heterocycles. The number of carbonyl (C=O) groups excluding carboxylic acids is 1. The molecule has 122 valence electrons. The Labute approximate surface area is 138 Å². The fraction of sp³-hybridized carbons (Fsp3) is 0.438. The lowest BCUT2D eigenvalue weighted by Gasteiger charge is -2.24. The minimum Gasteiger partial charge on any atom is -0.376 e. The Bertz CT molecular complexity index is 668. The minimum atomic E-state index is -0.595. The zero-order valence-electron chi connectivity index (χ0n) is 12.9. The molecule has 1 atom stereocenters. The van der Waals surface area contributed by atoms with Gasteiger partial charge in [0, 0.05) is 30.4 Å². The fourth-order valence-corrected chi connectivity index (χ4v) is 3.36. The molecule has 0 aromatic carbocycles. The number of ether oxygens (including phenoxy) is 1. The number of thiazole rings is 1. The van der Waals surface area contributed by atoms with Gasteiger partial charge in [-0.25, -0.2) is 9.97 Å². The molecule has 0 bridgehead atoms. The third-order valence-electron chi connectivity index (χ3n) is 3.70. The number of rotatable bonds is 5. The largest absolute Gasteiger partial charge is 0.376 e. The fourth-order valence-electron chi connectivity index (χ4n) is 2.58. The van der Waals surface area contributed by atoms with Gasteiger partial charge in [-0.15, -0.1) is 11.3 Å². The average Bonchev–Trinajstić information content (AvgIpc) is 3.19. The summed E-state index contributed by atoms with van der Waals surface area (Å²) in [4.78, 5) is 22.4. The summed E-state index contributed by atoms with van der Waals surface area (Å²) in [6.07, 6.45) is 3.28. The zero-order chi connectivity index (χ0) is 16.2. The molecule has 0 spiro atoms. The molecule has 2 aromatic rings. The van der Waals surface area contributed by atoms with Crippen LogP contribution in [0.4, 0.5) is 4.39 Å². The molecule has 7 heteroatoms. The highest BCUT2D eigenvalue weighted by molar-refractivity contribution is 7.09. The number of halogens is 1. The molecule has 5 nitrogen and oxygen atoms in total. The molecule has 0 radical (unpaired) electrons. The van der Waals surface area contributed by atoms with Crippen LogP contribution in [0.3, 0.4) is 0 Å². The SMILES string of the molecule is Cc1csc(CN(C[C@@H]2CCCO2)C(=O)c2ccc(F)nc2)n1. The Hall–Kier alpha value is -1.86. The minimum absolute atomic E-state index is 0.0495. The molecule has 1 amide bonds. The smallest absolute Gasteiger partial charge is 0.255 e. The van der Waals surface area contributed by atoms with Gasteiger partial charge >= 0.3 is 0 Å². The highest BCUT2D eigenvalue weighted by Crippen LogP contribution is 2.18. The van der Waals surface area contributed by atoms with Crippen molar-refractivity contribution in [3.8, 4) is 0 Å². The number of amides is 1. The summed E-state index contributed by atoms with van der Waals surface area (Å²) in [5.41, 5.74) is 1.32. The number of hydrogen-bond acceptors (Lipinski definition) is 5. The molecule has 0 aliphatic carbocycles. The van der Waals surface area contributed by atoms with Crippen molar-refractivity contribution in [2.24, 2.45) is 0 Å². The van der Waals surface area contributed by atoms with Gasteiger partial charge in [0.05, 0.1) is 18.2 Å². The lowest BCUT2D eigenvalue weighted by molar-refractivity contribution is 0.0506. The lowest BCUT2D eigenvalue weighted by Crippen LogP contribution is -2.37. The van der Waals surface area contributed by atoms with Crippen molar-refractivity contribution >= 4 is 17.2 Å². The van der Waals surface area contributed by atoms with Gasteiger partial charge in [0.15, 0.2) is 0 Å². The van der Waals surface area contributed by atoms with Gasteiger partial charge in [-0.1, -0.05) is 0 Å². The topological polar surface area (TPSA) is 55.3 Å². The van der Waals surface area contributed by atoms with Crippen LogP contribution in [-0.4, -0.2) is 40.0 Å². The standard InChI is InChI=1S/C16H18FN3O2S/c1-11-10-23-15(19-11)9-20(8-13-3-2-6-22-13)16(21)12-4-5-14(17)18-7-12/h4-5,7,10,13H,2-3,6,8-9H2,1H3/t13-/m0/s1. The van der Waals surface area contributed by atoms with Crippen LogP contribution in [0.5, 0.6) is 0 Å². The maximum atomic E-state index is 13.0. The summed E-state index contributed by atoms with van der Waals surface area (Å²) in [6.45, 7) is 3.60. The van der Waals surface area contributed by atoms with Crippen LogP contribution in [0.25, 0.3) is 0 Å². The van der Waals surface area contributed by atoms with Crippen molar-refractivity contribution in [2.75, 3.05) is 13.2 Å². The van der Waals surface area contributed by atoms with Crippen LogP contribution in [-0.2, 0) is 11.3 Å². The first-order chi connectivity index (χ1) is 11.1. The van der Waals surface area contributed by atoms with Crippen molar-refractivity contribution in [3.63, 3.8) is 0 Å². The van der Waals surface area contributed by atoms with Crippen LogP contribution in [0.2, 0.25) is 0 Å². The van der Waals surface area contributed by atoms with E-state index in [2.05, 4.69) is 9.97 Å². The number of aryl methyl sites for hydroxylation is 1. The van der Waals surface area contributed by atoms with E-state index in [1.807, 2.05) is 12.3 Å². The number of pyridine rings is 1. The van der Waals surface area contributed by atoms with Crippen molar-refractivity contribution in [1.82, 2.24) is 14.9 Å². The third kappa shape index (κ3) is 4.11.